The molecule has 2 aliphatic rings. The number of hydrogen-bond acceptors (Lipinski definition) is 4. The molecule has 1 N–H and O–H groups in total. The number of anilines is 1. The number of carbonyl (C=O) groups excluding carboxylic acids is 1. The molecule has 2 saturated heterocycles. The van der Waals surface area contributed by atoms with E-state index in [1.807, 2.05) is 53.4 Å². The molecule has 0 bridgehead atoms. The van der Waals surface area contributed by atoms with Crippen LogP contribution in [0.4, 0.5) is 5.69 Å². The van der Waals surface area contributed by atoms with Crippen LogP contribution in [-0.2, 0) is 4.79 Å². The van der Waals surface area contributed by atoms with E-state index in [4.69, 9.17) is 0 Å². The van der Waals surface area contributed by atoms with E-state index in [1.165, 1.54) is 0 Å². The van der Waals surface area contributed by atoms with Gasteiger partial charge in [-0.3, -0.25) is 9.78 Å². The minimum atomic E-state index is -0.376. The van der Waals surface area contributed by atoms with Crippen LogP contribution >= 0.6 is 0 Å². The summed E-state index contributed by atoms with van der Waals surface area (Å²) in [5.74, 6) is 0.0242. The molecular formula is C23H27N3O2. The molecule has 28 heavy (non-hydrogen) atoms. The van der Waals surface area contributed by atoms with Gasteiger partial charge in [0.25, 0.3) is 0 Å². The fourth-order valence-electron chi connectivity index (χ4n) is 4.51. The predicted octanol–water partition coefficient (Wildman–Crippen LogP) is 2.97. The molecule has 146 valence electrons. The molecule has 2 aromatic rings. The maximum atomic E-state index is 12.8. The number of carbonyl (C=O) groups is 1. The molecular weight excluding hydrogens is 350 g/mol. The summed E-state index contributed by atoms with van der Waals surface area (Å²) in [5, 5.41) is 10.9. The molecule has 1 amide bonds. The monoisotopic (exact) mass is 377 g/mol. The third kappa shape index (κ3) is 3.94. The number of hydrogen-bond donors (Lipinski definition) is 1. The van der Waals surface area contributed by atoms with Crippen molar-refractivity contribution >= 4 is 17.7 Å². The maximum Gasteiger partial charge on any atom is 0.246 e. The summed E-state index contributed by atoms with van der Waals surface area (Å²) < 4.78 is 0. The Labute approximate surface area is 166 Å². The van der Waals surface area contributed by atoms with Crippen LogP contribution in [0.25, 0.3) is 6.08 Å². The third-order valence-corrected chi connectivity index (χ3v) is 6.05. The number of aliphatic hydroxyl groups excluding tert-OH is 1. The Kier molecular flexibility index (Phi) is 5.44. The summed E-state index contributed by atoms with van der Waals surface area (Å²) in [4.78, 5) is 21.1. The smallest absolute Gasteiger partial charge is 0.246 e. The summed E-state index contributed by atoms with van der Waals surface area (Å²) in [6.45, 7) is 2.95. The van der Waals surface area contributed by atoms with Gasteiger partial charge in [-0.1, -0.05) is 30.3 Å². The van der Waals surface area contributed by atoms with Crippen LogP contribution in [0.3, 0.4) is 0 Å². The first kappa shape index (κ1) is 18.7. The lowest BCUT2D eigenvalue weighted by Crippen LogP contribution is -2.59. The van der Waals surface area contributed by atoms with E-state index in [0.29, 0.717) is 6.54 Å². The molecule has 1 aromatic heterocycles. The Bertz CT molecular complexity index is 824. The van der Waals surface area contributed by atoms with Crippen LogP contribution < -0.4 is 4.90 Å². The highest BCUT2D eigenvalue weighted by molar-refractivity contribution is 5.91. The van der Waals surface area contributed by atoms with Crippen molar-refractivity contribution in [2.75, 3.05) is 31.1 Å². The van der Waals surface area contributed by atoms with Crippen LogP contribution in [0.5, 0.6) is 0 Å². The topological polar surface area (TPSA) is 56.7 Å². The first-order valence-electron chi connectivity index (χ1n) is 10.0. The number of aliphatic hydroxyl groups is 1. The lowest BCUT2D eigenvalue weighted by Gasteiger charge is -2.51. The van der Waals surface area contributed by atoms with Crippen molar-refractivity contribution < 1.29 is 9.90 Å². The van der Waals surface area contributed by atoms with Crippen molar-refractivity contribution in [3.63, 3.8) is 0 Å². The number of aromatic nitrogens is 1. The SMILES string of the molecule is O=C(/C=C/c1ccccc1)N1CCC[C@]2(C1)CN(c1ccncc1)CC[C@H]2O. The summed E-state index contributed by atoms with van der Waals surface area (Å²) in [6, 6.07) is 13.9. The van der Waals surface area contributed by atoms with Crippen molar-refractivity contribution in [2.24, 2.45) is 5.41 Å². The molecule has 1 aromatic carbocycles. The van der Waals surface area contributed by atoms with Gasteiger partial charge in [-0.15, -0.1) is 0 Å². The molecule has 5 heteroatoms. The number of pyridine rings is 1. The number of rotatable bonds is 3. The van der Waals surface area contributed by atoms with Crippen LogP contribution in [0.1, 0.15) is 24.8 Å². The second-order valence-electron chi connectivity index (χ2n) is 7.90. The highest BCUT2D eigenvalue weighted by atomic mass is 16.3. The number of likely N-dealkylation sites (tertiary alicyclic amines) is 1. The zero-order chi connectivity index (χ0) is 19.4. The van der Waals surface area contributed by atoms with E-state index < -0.39 is 0 Å². The Hall–Kier alpha value is -2.66. The summed E-state index contributed by atoms with van der Waals surface area (Å²) in [5.41, 5.74) is 1.88. The van der Waals surface area contributed by atoms with Crippen molar-refractivity contribution in [1.82, 2.24) is 9.88 Å². The Morgan fingerprint density at radius 2 is 1.89 bits per heavy atom. The van der Waals surface area contributed by atoms with E-state index in [0.717, 1.165) is 50.1 Å². The van der Waals surface area contributed by atoms with Gasteiger partial charge < -0.3 is 14.9 Å². The van der Waals surface area contributed by atoms with Crippen molar-refractivity contribution in [2.45, 2.75) is 25.4 Å². The van der Waals surface area contributed by atoms with Gasteiger partial charge >= 0.3 is 0 Å². The van der Waals surface area contributed by atoms with Gasteiger partial charge in [0.15, 0.2) is 0 Å². The minimum Gasteiger partial charge on any atom is -0.392 e. The largest absolute Gasteiger partial charge is 0.392 e. The van der Waals surface area contributed by atoms with Gasteiger partial charge in [-0.25, -0.2) is 0 Å². The number of amides is 1. The fraction of sp³-hybridized carbons (Fsp3) is 0.391. The maximum absolute atomic E-state index is 12.8. The van der Waals surface area contributed by atoms with Gasteiger partial charge in [0.1, 0.15) is 0 Å². The quantitative estimate of drug-likeness (QED) is 0.836. The predicted molar refractivity (Wildman–Crippen MR) is 111 cm³/mol. The summed E-state index contributed by atoms with van der Waals surface area (Å²) in [7, 11) is 0. The Balaban J connectivity index is 1.48. The lowest BCUT2D eigenvalue weighted by molar-refractivity contribution is -0.132. The van der Waals surface area contributed by atoms with Crippen LogP contribution in [0, 0.1) is 5.41 Å². The Morgan fingerprint density at radius 1 is 1.11 bits per heavy atom. The molecule has 0 aliphatic carbocycles. The first-order valence-corrected chi connectivity index (χ1v) is 10.0. The van der Waals surface area contributed by atoms with E-state index >= 15 is 0 Å². The van der Waals surface area contributed by atoms with Crippen molar-refractivity contribution in [1.29, 1.82) is 0 Å². The molecule has 5 nitrogen and oxygen atoms in total. The van der Waals surface area contributed by atoms with E-state index in [1.54, 1.807) is 18.5 Å². The molecule has 0 unspecified atom stereocenters. The summed E-state index contributed by atoms with van der Waals surface area (Å²) >= 11 is 0. The van der Waals surface area contributed by atoms with Gasteiger partial charge in [0.05, 0.1) is 6.10 Å². The van der Waals surface area contributed by atoms with Gasteiger partial charge in [-0.05, 0) is 43.0 Å². The zero-order valence-corrected chi connectivity index (χ0v) is 16.1. The highest BCUT2D eigenvalue weighted by Crippen LogP contribution is 2.40. The standard InChI is InChI=1S/C23H27N3O2/c27-21-11-16-25(20-9-13-24-14-10-20)17-23(21)12-4-15-26(18-23)22(28)8-7-19-5-2-1-3-6-19/h1-3,5-10,13-14,21,27H,4,11-12,15-18H2/b8-7+/t21-,23-/m1/s1. The number of benzene rings is 1. The van der Waals surface area contributed by atoms with Crippen molar-refractivity contribution in [3.8, 4) is 0 Å². The molecule has 3 heterocycles. The van der Waals surface area contributed by atoms with E-state index in [2.05, 4.69) is 9.88 Å². The van der Waals surface area contributed by atoms with Gasteiger partial charge in [-0.2, -0.15) is 0 Å². The van der Waals surface area contributed by atoms with Gasteiger partial charge in [0, 0.05) is 55.8 Å². The van der Waals surface area contributed by atoms with E-state index in [-0.39, 0.29) is 17.4 Å². The lowest BCUT2D eigenvalue weighted by atomic mass is 9.71. The first-order chi connectivity index (χ1) is 13.7. The average molecular weight is 377 g/mol. The zero-order valence-electron chi connectivity index (χ0n) is 16.1. The summed E-state index contributed by atoms with van der Waals surface area (Å²) in [6.07, 6.45) is 9.35. The molecule has 2 aliphatic heterocycles. The van der Waals surface area contributed by atoms with E-state index in [9.17, 15) is 9.90 Å². The molecule has 2 fully saturated rings. The average Bonchev–Trinajstić information content (AvgIpc) is 2.75. The number of piperidine rings is 2. The second-order valence-corrected chi connectivity index (χ2v) is 7.90. The second kappa shape index (κ2) is 8.15. The third-order valence-electron chi connectivity index (χ3n) is 6.05. The normalized spacial score (nSPS) is 25.4. The molecule has 0 saturated carbocycles. The van der Waals surface area contributed by atoms with Crippen LogP contribution in [0.2, 0.25) is 0 Å². The minimum absolute atomic E-state index is 0.0242. The van der Waals surface area contributed by atoms with Crippen LogP contribution in [-0.4, -0.2) is 53.2 Å². The Morgan fingerprint density at radius 3 is 2.68 bits per heavy atom. The molecule has 2 atom stereocenters. The molecule has 1 spiro atoms. The molecule has 4 rings (SSSR count). The van der Waals surface area contributed by atoms with Crippen molar-refractivity contribution in [3.05, 3.63) is 66.5 Å². The fourth-order valence-corrected chi connectivity index (χ4v) is 4.51. The molecule has 0 radical (unpaired) electrons. The van der Waals surface area contributed by atoms with Crippen LogP contribution in [0.15, 0.2) is 60.9 Å². The highest BCUT2D eigenvalue weighted by Gasteiger charge is 2.46. The number of nitrogens with zero attached hydrogens (tertiary/aromatic N) is 3. The van der Waals surface area contributed by atoms with Gasteiger partial charge in [0.2, 0.25) is 5.91 Å².